The van der Waals surface area contributed by atoms with Crippen LogP contribution in [-0.2, 0) is 0 Å². The number of anilines is 2. The minimum atomic E-state index is -2.85. The third-order valence-corrected chi connectivity index (χ3v) is 5.55. The Morgan fingerprint density at radius 2 is 1.69 bits per heavy atom. The predicted molar refractivity (Wildman–Crippen MR) is 118 cm³/mol. The number of rotatable bonds is 4. The van der Waals surface area contributed by atoms with Gasteiger partial charge < -0.3 is 4.90 Å². The van der Waals surface area contributed by atoms with Crippen LogP contribution in [0.4, 0.5) is 24.7 Å². The Morgan fingerprint density at radius 1 is 0.969 bits per heavy atom. The Labute approximate surface area is 185 Å². The Kier molecular flexibility index (Phi) is 4.94. The van der Waals surface area contributed by atoms with Crippen LogP contribution < -0.4 is 4.90 Å². The first-order chi connectivity index (χ1) is 15.5. The molecule has 0 saturated heterocycles. The summed E-state index contributed by atoms with van der Waals surface area (Å²) in [7, 11) is 1.57. The molecule has 2 aromatic heterocycles. The van der Waals surface area contributed by atoms with Crippen molar-refractivity contribution in [1.82, 2.24) is 19.6 Å². The molecular weight excluding hydrogens is 439 g/mol. The molecule has 32 heavy (non-hydrogen) atoms. The quantitative estimate of drug-likeness (QED) is 0.314. The zero-order valence-electron chi connectivity index (χ0n) is 16.7. The molecule has 0 spiro atoms. The summed E-state index contributed by atoms with van der Waals surface area (Å²) in [4.78, 5) is 5.94. The van der Waals surface area contributed by atoms with Gasteiger partial charge in [0.25, 0.3) is 12.2 Å². The van der Waals surface area contributed by atoms with Crippen LogP contribution in [0.1, 0.15) is 12.0 Å². The van der Waals surface area contributed by atoms with Crippen molar-refractivity contribution in [2.75, 3.05) is 11.9 Å². The van der Waals surface area contributed by atoms with E-state index in [1.165, 1.54) is 4.90 Å². The molecule has 2 heterocycles. The fourth-order valence-electron chi connectivity index (χ4n) is 3.89. The molecule has 5 aromatic rings. The van der Waals surface area contributed by atoms with Gasteiger partial charge in [0.05, 0.1) is 11.2 Å². The molecule has 0 fully saturated rings. The molecule has 5 nitrogen and oxygen atoms in total. The van der Waals surface area contributed by atoms with Crippen LogP contribution in [0, 0.1) is 5.82 Å². The molecule has 3 aromatic carbocycles. The Bertz CT molecular complexity index is 1450. The van der Waals surface area contributed by atoms with Gasteiger partial charge in [0.2, 0.25) is 5.28 Å². The van der Waals surface area contributed by atoms with Gasteiger partial charge in [-0.25, -0.2) is 17.6 Å². The molecule has 0 bridgehead atoms. The molecular formula is C23H15ClF3N5. The molecule has 9 heteroatoms. The van der Waals surface area contributed by atoms with E-state index in [-0.39, 0.29) is 27.9 Å². The van der Waals surface area contributed by atoms with Gasteiger partial charge in [-0.2, -0.15) is 4.98 Å². The second kappa shape index (κ2) is 7.80. The number of hydrogen-bond donors (Lipinski definition) is 0. The van der Waals surface area contributed by atoms with Gasteiger partial charge in [-0.05, 0) is 47.0 Å². The first-order valence-electron chi connectivity index (χ1n) is 9.66. The molecule has 5 rings (SSSR count). The summed E-state index contributed by atoms with van der Waals surface area (Å²) in [6, 6.07) is 17.9. The van der Waals surface area contributed by atoms with Crippen LogP contribution >= 0.6 is 11.6 Å². The summed E-state index contributed by atoms with van der Waals surface area (Å²) in [6.07, 6.45) is -2.85. The summed E-state index contributed by atoms with van der Waals surface area (Å²) in [5.74, 6) is -0.108. The van der Waals surface area contributed by atoms with Crippen molar-refractivity contribution in [2.24, 2.45) is 0 Å². The lowest BCUT2D eigenvalue weighted by molar-refractivity contribution is 0.152. The van der Waals surface area contributed by atoms with Crippen molar-refractivity contribution in [2.45, 2.75) is 6.43 Å². The van der Waals surface area contributed by atoms with E-state index in [4.69, 9.17) is 11.6 Å². The maximum atomic E-state index is 14.7. The SMILES string of the molecule is CN(c1cc(F)cc(-c2ccccc2)c1C(F)F)c1nc2nnc(Cl)n2c2ccccc12. The maximum Gasteiger partial charge on any atom is 0.266 e. The normalized spacial score (nSPS) is 11.6. The minimum absolute atomic E-state index is 0.00599. The van der Waals surface area contributed by atoms with Crippen molar-refractivity contribution < 1.29 is 13.2 Å². The molecule has 0 radical (unpaired) electrons. The van der Waals surface area contributed by atoms with E-state index in [9.17, 15) is 13.2 Å². The number of para-hydroxylation sites is 1. The third kappa shape index (κ3) is 3.23. The highest BCUT2D eigenvalue weighted by Gasteiger charge is 2.25. The number of aromatic nitrogens is 4. The van der Waals surface area contributed by atoms with Gasteiger partial charge in [0.15, 0.2) is 0 Å². The highest BCUT2D eigenvalue weighted by molar-refractivity contribution is 6.29. The summed E-state index contributed by atoms with van der Waals surface area (Å²) < 4.78 is 44.9. The monoisotopic (exact) mass is 453 g/mol. The van der Waals surface area contributed by atoms with Crippen LogP contribution in [0.2, 0.25) is 5.28 Å². The Balaban J connectivity index is 1.79. The molecule has 0 unspecified atom stereocenters. The fraction of sp³-hybridized carbons (Fsp3) is 0.0870. The number of fused-ring (bicyclic) bond motifs is 3. The molecule has 160 valence electrons. The largest absolute Gasteiger partial charge is 0.328 e. The van der Waals surface area contributed by atoms with Crippen LogP contribution in [0.3, 0.4) is 0 Å². The number of halogens is 4. The van der Waals surface area contributed by atoms with E-state index in [1.807, 2.05) is 6.07 Å². The van der Waals surface area contributed by atoms with E-state index >= 15 is 0 Å². The second-order valence-electron chi connectivity index (χ2n) is 7.17. The average molecular weight is 454 g/mol. The van der Waals surface area contributed by atoms with Crippen LogP contribution in [-0.4, -0.2) is 26.6 Å². The molecule has 0 atom stereocenters. The zero-order chi connectivity index (χ0) is 22.4. The van der Waals surface area contributed by atoms with E-state index < -0.39 is 12.2 Å². The molecule has 0 aliphatic rings. The summed E-state index contributed by atoms with van der Waals surface area (Å²) in [5, 5.41) is 8.56. The topological polar surface area (TPSA) is 46.3 Å². The third-order valence-electron chi connectivity index (χ3n) is 5.30. The minimum Gasteiger partial charge on any atom is -0.328 e. The van der Waals surface area contributed by atoms with E-state index in [0.29, 0.717) is 22.3 Å². The van der Waals surface area contributed by atoms with E-state index in [2.05, 4.69) is 15.2 Å². The predicted octanol–water partition coefficient (Wildman–Crippen LogP) is 6.44. The van der Waals surface area contributed by atoms with Crippen molar-refractivity contribution in [3.05, 3.63) is 83.4 Å². The summed E-state index contributed by atoms with van der Waals surface area (Å²) in [5.41, 5.74) is 0.984. The van der Waals surface area contributed by atoms with Crippen molar-refractivity contribution in [3.8, 4) is 11.1 Å². The first-order valence-corrected chi connectivity index (χ1v) is 10.0. The number of nitrogens with zero attached hydrogens (tertiary/aromatic N) is 5. The number of benzene rings is 3. The fourth-order valence-corrected chi connectivity index (χ4v) is 4.09. The van der Waals surface area contributed by atoms with Crippen molar-refractivity contribution in [1.29, 1.82) is 0 Å². The van der Waals surface area contributed by atoms with Crippen LogP contribution in [0.25, 0.3) is 27.8 Å². The van der Waals surface area contributed by atoms with Gasteiger partial charge >= 0.3 is 0 Å². The standard InChI is InChI=1S/C23H15ClF3N5/c1-31(21-15-9-5-6-10-17(15)32-22(24)29-30-23(32)28-21)18-12-14(25)11-16(19(18)20(26)27)13-7-3-2-4-8-13/h2-12,20H,1H3. The lowest BCUT2D eigenvalue weighted by Crippen LogP contribution is -2.16. The highest BCUT2D eigenvalue weighted by atomic mass is 35.5. The van der Waals surface area contributed by atoms with Gasteiger partial charge in [-0.1, -0.05) is 42.5 Å². The highest BCUT2D eigenvalue weighted by Crippen LogP contribution is 2.42. The summed E-state index contributed by atoms with van der Waals surface area (Å²) in [6.45, 7) is 0. The lowest BCUT2D eigenvalue weighted by atomic mass is 9.97. The van der Waals surface area contributed by atoms with E-state index in [1.54, 1.807) is 60.0 Å². The molecule has 0 aliphatic carbocycles. The van der Waals surface area contributed by atoms with Gasteiger partial charge in [-0.15, -0.1) is 10.2 Å². The van der Waals surface area contributed by atoms with Gasteiger partial charge in [0, 0.05) is 18.0 Å². The second-order valence-corrected chi connectivity index (χ2v) is 7.51. The molecule has 0 N–H and O–H groups in total. The van der Waals surface area contributed by atoms with Gasteiger partial charge in [0.1, 0.15) is 11.6 Å². The van der Waals surface area contributed by atoms with Gasteiger partial charge in [-0.3, -0.25) is 0 Å². The molecule has 0 saturated carbocycles. The van der Waals surface area contributed by atoms with Crippen molar-refractivity contribution in [3.63, 3.8) is 0 Å². The van der Waals surface area contributed by atoms with Crippen LogP contribution in [0.5, 0.6) is 0 Å². The average Bonchev–Trinajstić information content (AvgIpc) is 3.18. The zero-order valence-corrected chi connectivity index (χ0v) is 17.4. The number of hydrogen-bond acceptors (Lipinski definition) is 4. The number of alkyl halides is 2. The van der Waals surface area contributed by atoms with E-state index in [0.717, 1.165) is 12.1 Å². The summed E-state index contributed by atoms with van der Waals surface area (Å²) >= 11 is 6.16. The van der Waals surface area contributed by atoms with Crippen LogP contribution in [0.15, 0.2) is 66.7 Å². The Hall–Kier alpha value is -3.65. The van der Waals surface area contributed by atoms with Crippen molar-refractivity contribution >= 4 is 39.8 Å². The molecule has 0 amide bonds. The lowest BCUT2D eigenvalue weighted by Gasteiger charge is -2.25. The molecule has 0 aliphatic heterocycles. The first kappa shape index (κ1) is 20.3. The maximum absolute atomic E-state index is 14.7. The Morgan fingerprint density at radius 3 is 2.44 bits per heavy atom. The smallest absolute Gasteiger partial charge is 0.266 e.